The SMILES string of the molecule is CCC(C)(C)C(=O)OC1C(=O)OCC1(C)C.CCC(C)(C)C(=O)OC1C(=O)OCC1OC.CCC(C)(C)C(=O)OC1CCOC1=O.CCC(C)(C)C(=O)OC1COC(=O)C1.CCC(C)C(=O)OC1C(=O)OCC1(C)C.CCC(C)C(=O)OC1CCOC1=O. The van der Waals surface area contributed by atoms with Gasteiger partial charge in [-0.3, -0.25) is 33.6 Å². The van der Waals surface area contributed by atoms with Crippen molar-refractivity contribution in [2.45, 2.75) is 239 Å². The molecule has 6 fully saturated rings. The van der Waals surface area contributed by atoms with Gasteiger partial charge >= 0.3 is 71.6 Å². The zero-order valence-corrected chi connectivity index (χ0v) is 56.0. The second kappa shape index (κ2) is 35.1. The van der Waals surface area contributed by atoms with Crippen LogP contribution in [0.2, 0.25) is 0 Å². The molecule has 6 rings (SSSR count). The summed E-state index contributed by atoms with van der Waals surface area (Å²) in [5.74, 6) is -4.84. The maximum absolute atomic E-state index is 11.9. The van der Waals surface area contributed by atoms with Gasteiger partial charge in [0.1, 0.15) is 38.6 Å². The molecule has 6 saturated heterocycles. The molecule has 88 heavy (non-hydrogen) atoms. The number of rotatable bonds is 19. The fraction of sp³-hybridized carbons (Fsp3) is 0.810. The third-order valence-corrected chi connectivity index (χ3v) is 16.1. The molecule has 9 atom stereocenters. The Bertz CT molecular complexity index is 2400. The van der Waals surface area contributed by atoms with Crippen LogP contribution in [0.1, 0.15) is 196 Å². The van der Waals surface area contributed by atoms with Gasteiger partial charge in [0, 0.05) is 30.8 Å². The zero-order valence-electron chi connectivity index (χ0n) is 56.0. The normalized spacial score (nSPS) is 23.9. The van der Waals surface area contributed by atoms with Crippen molar-refractivity contribution in [3.8, 4) is 0 Å². The van der Waals surface area contributed by atoms with Crippen molar-refractivity contribution < 1.29 is 119 Å². The van der Waals surface area contributed by atoms with E-state index in [0.717, 1.165) is 6.42 Å². The third kappa shape index (κ3) is 24.5. The van der Waals surface area contributed by atoms with Crippen LogP contribution in [0, 0.1) is 44.3 Å². The van der Waals surface area contributed by atoms with Gasteiger partial charge in [-0.1, -0.05) is 83.1 Å². The van der Waals surface area contributed by atoms with Gasteiger partial charge in [0.15, 0.2) is 0 Å². The summed E-state index contributed by atoms with van der Waals surface area (Å²) in [7, 11) is 1.46. The number of hydrogen-bond donors (Lipinski definition) is 0. The van der Waals surface area contributed by atoms with Crippen molar-refractivity contribution in [2.24, 2.45) is 44.3 Å². The van der Waals surface area contributed by atoms with Gasteiger partial charge in [0.05, 0.1) is 53.1 Å². The summed E-state index contributed by atoms with van der Waals surface area (Å²) in [5, 5.41) is 0. The second-order valence-corrected chi connectivity index (χ2v) is 26.2. The first-order valence-electron chi connectivity index (χ1n) is 30.4. The number of carbonyl (C=O) groups is 12. The standard InChI is InChI=1S/C12H20O4.C11H18O5.C11H18O4.2C10H16O4.C9H14O4/c1-6-11(2,3)10(14)16-8-9(13)15-7-12(8,4)5;1-5-11(2,3)10(13)16-8-7(14-4)6-15-9(8)12;1-5-7(2)9(12)15-8-10(13)14-6-11(8,3)4;1-4-10(2,3)9(12)14-7-5-8(11)13-6-7;1-4-10(2,3)9(12)14-7-5-6-13-8(7)11;1-3-6(2)8(10)13-7-4-5-12-9(7)11/h8H,6-7H2,1-5H3;7-8H,5-6H2,1-4H3;7-8H,5-6H2,1-4H3;2*7H,4-6H2,1-3H3;6-7H,3-5H2,1-2H3. The van der Waals surface area contributed by atoms with E-state index in [4.69, 9.17) is 56.8 Å². The minimum Gasteiger partial charge on any atom is -0.463 e. The predicted molar refractivity (Wildman–Crippen MR) is 312 cm³/mol. The lowest BCUT2D eigenvalue weighted by Crippen LogP contribution is -2.39. The van der Waals surface area contributed by atoms with E-state index in [9.17, 15) is 57.5 Å². The fourth-order valence-electron chi connectivity index (χ4n) is 6.95. The lowest BCUT2D eigenvalue weighted by molar-refractivity contribution is -0.170. The average molecular weight is 1260 g/mol. The van der Waals surface area contributed by atoms with Crippen molar-refractivity contribution in [3.63, 3.8) is 0 Å². The molecule has 25 nitrogen and oxygen atoms in total. The van der Waals surface area contributed by atoms with E-state index in [1.165, 1.54) is 7.11 Å². The summed E-state index contributed by atoms with van der Waals surface area (Å²) in [6.07, 6.45) is 0.617. The van der Waals surface area contributed by atoms with Crippen molar-refractivity contribution in [1.29, 1.82) is 0 Å². The highest BCUT2D eigenvalue weighted by atomic mass is 16.7. The summed E-state index contributed by atoms with van der Waals surface area (Å²) in [4.78, 5) is 136. The molecule has 0 spiro atoms. The van der Waals surface area contributed by atoms with Crippen LogP contribution in [-0.4, -0.2) is 161 Å². The molecule has 6 aliphatic heterocycles. The minimum absolute atomic E-state index is 0.139. The lowest BCUT2D eigenvalue weighted by atomic mass is 9.88. The molecule has 0 saturated carbocycles. The van der Waals surface area contributed by atoms with E-state index in [-0.39, 0.29) is 73.4 Å². The molecule has 0 aromatic carbocycles. The molecule has 0 aromatic rings. The van der Waals surface area contributed by atoms with Gasteiger partial charge in [-0.25, -0.2) is 24.0 Å². The first-order valence-corrected chi connectivity index (χ1v) is 30.4. The van der Waals surface area contributed by atoms with Gasteiger partial charge < -0.3 is 61.6 Å². The second-order valence-electron chi connectivity index (χ2n) is 26.2. The van der Waals surface area contributed by atoms with Crippen LogP contribution in [0.15, 0.2) is 0 Å². The Morgan fingerprint density at radius 1 is 0.466 bits per heavy atom. The van der Waals surface area contributed by atoms with E-state index < -0.39 is 105 Å². The maximum atomic E-state index is 11.9. The Morgan fingerprint density at radius 2 is 0.841 bits per heavy atom. The summed E-state index contributed by atoms with van der Waals surface area (Å²) in [6, 6.07) is 0. The summed E-state index contributed by atoms with van der Waals surface area (Å²) < 4.78 is 64.4. The predicted octanol–water partition coefficient (Wildman–Crippen LogP) is 7.80. The molecule has 0 N–H and O–H groups in total. The summed E-state index contributed by atoms with van der Waals surface area (Å²) >= 11 is 0. The smallest absolute Gasteiger partial charge is 0.350 e. The molecule has 504 valence electrons. The van der Waals surface area contributed by atoms with Crippen molar-refractivity contribution >= 4 is 71.6 Å². The van der Waals surface area contributed by atoms with Crippen molar-refractivity contribution in [1.82, 2.24) is 0 Å². The Labute approximate surface area is 519 Å². The zero-order chi connectivity index (χ0) is 67.9. The average Bonchev–Trinajstić information content (AvgIpc) is 4.14. The van der Waals surface area contributed by atoms with Crippen LogP contribution in [0.25, 0.3) is 0 Å². The van der Waals surface area contributed by atoms with Crippen LogP contribution < -0.4 is 0 Å². The lowest BCUT2D eigenvalue weighted by Gasteiger charge is -2.27. The monoisotopic (exact) mass is 1260 g/mol. The van der Waals surface area contributed by atoms with E-state index in [1.807, 2.05) is 96.9 Å². The third-order valence-electron chi connectivity index (χ3n) is 16.1. The van der Waals surface area contributed by atoms with E-state index in [1.54, 1.807) is 41.5 Å². The molecular weight excluding hydrogens is 1160 g/mol. The Balaban J connectivity index is 0.000000529. The van der Waals surface area contributed by atoms with Crippen LogP contribution in [0.3, 0.4) is 0 Å². The number of methoxy groups -OCH3 is 1. The van der Waals surface area contributed by atoms with Crippen LogP contribution >= 0.6 is 0 Å². The molecule has 9 unspecified atom stereocenters. The summed E-state index contributed by atoms with van der Waals surface area (Å²) in [5.41, 5.74) is -3.01. The van der Waals surface area contributed by atoms with Gasteiger partial charge in [-0.05, 0) is 93.9 Å². The molecule has 0 amide bonds. The van der Waals surface area contributed by atoms with Gasteiger partial charge in [-0.2, -0.15) is 0 Å². The Kier molecular flexibility index (Phi) is 31.8. The largest absolute Gasteiger partial charge is 0.463 e. The van der Waals surface area contributed by atoms with Gasteiger partial charge in [-0.15, -0.1) is 0 Å². The van der Waals surface area contributed by atoms with Crippen molar-refractivity contribution in [3.05, 3.63) is 0 Å². The van der Waals surface area contributed by atoms with Gasteiger partial charge in [0.25, 0.3) is 0 Å². The fourth-order valence-corrected chi connectivity index (χ4v) is 6.95. The van der Waals surface area contributed by atoms with E-state index in [2.05, 4.69) is 4.74 Å². The first kappa shape index (κ1) is 79.6. The van der Waals surface area contributed by atoms with Crippen molar-refractivity contribution in [2.75, 3.05) is 46.8 Å². The molecular formula is C63H102O25. The van der Waals surface area contributed by atoms with Crippen LogP contribution in [0.4, 0.5) is 0 Å². The molecule has 6 aliphatic rings. The Morgan fingerprint density at radius 3 is 1.18 bits per heavy atom. The number of ether oxygens (including phenoxy) is 13. The molecule has 6 heterocycles. The topological polar surface area (TPSA) is 325 Å². The highest BCUT2D eigenvalue weighted by Crippen LogP contribution is 2.35. The molecule has 0 aromatic heterocycles. The molecule has 0 radical (unpaired) electrons. The first-order chi connectivity index (χ1) is 40.6. The number of cyclic esters (lactones) is 6. The van der Waals surface area contributed by atoms with Gasteiger partial charge in [0.2, 0.25) is 30.5 Å². The minimum atomic E-state index is -0.927. The number of carbonyl (C=O) groups excluding carboxylic acids is 12. The van der Waals surface area contributed by atoms with Crippen LogP contribution in [-0.2, 0) is 119 Å². The van der Waals surface area contributed by atoms with E-state index >= 15 is 0 Å². The molecule has 0 aliphatic carbocycles. The maximum Gasteiger partial charge on any atom is 0.350 e. The van der Waals surface area contributed by atoms with Crippen LogP contribution in [0.5, 0.6) is 0 Å². The molecule has 0 bridgehead atoms. The van der Waals surface area contributed by atoms with E-state index in [0.29, 0.717) is 71.4 Å². The number of hydrogen-bond acceptors (Lipinski definition) is 25. The summed E-state index contributed by atoms with van der Waals surface area (Å²) in [6.45, 7) is 38.5. The Hall–Kier alpha value is -6.40. The highest BCUT2D eigenvalue weighted by Gasteiger charge is 2.49. The molecule has 25 heteroatoms. The highest BCUT2D eigenvalue weighted by molar-refractivity contribution is 5.86. The quantitative estimate of drug-likeness (QED) is 0.0879. The number of esters is 12.